The summed E-state index contributed by atoms with van der Waals surface area (Å²) >= 11 is 0. The predicted molar refractivity (Wildman–Crippen MR) is 99.6 cm³/mol. The zero-order chi connectivity index (χ0) is 20.6. The summed E-state index contributed by atoms with van der Waals surface area (Å²) in [7, 11) is 0. The van der Waals surface area contributed by atoms with E-state index in [1.165, 1.54) is 12.2 Å². The minimum Gasteiger partial charge on any atom is -0.393 e. The molecule has 2 saturated carbocycles. The van der Waals surface area contributed by atoms with Gasteiger partial charge in [0.25, 0.3) is 0 Å². The van der Waals surface area contributed by atoms with Crippen LogP contribution in [0.4, 0.5) is 4.39 Å². The third-order valence-electron chi connectivity index (χ3n) is 8.65. The van der Waals surface area contributed by atoms with Crippen LogP contribution in [0.5, 0.6) is 0 Å². The van der Waals surface area contributed by atoms with Crippen molar-refractivity contribution in [3.05, 3.63) is 23.6 Å². The van der Waals surface area contributed by atoms with Gasteiger partial charge >= 0.3 is 0 Å². The van der Waals surface area contributed by atoms with Crippen LogP contribution in [0.1, 0.15) is 46.5 Å². The van der Waals surface area contributed by atoms with Crippen molar-refractivity contribution in [1.29, 1.82) is 0 Å². The number of carbonyl (C=O) groups excluding carboxylic acids is 2. The third-order valence-corrected chi connectivity index (χ3v) is 8.65. The molecular weight excluding hydrogens is 363 g/mol. The molecule has 0 bridgehead atoms. The summed E-state index contributed by atoms with van der Waals surface area (Å²) in [5.74, 6) is -2.37. The van der Waals surface area contributed by atoms with E-state index in [2.05, 4.69) is 0 Å². The van der Waals surface area contributed by atoms with E-state index in [0.29, 0.717) is 24.8 Å². The summed E-state index contributed by atoms with van der Waals surface area (Å²) in [6.45, 7) is 4.74. The molecule has 5 nitrogen and oxygen atoms in total. The van der Waals surface area contributed by atoms with Crippen molar-refractivity contribution in [2.45, 2.75) is 58.2 Å². The summed E-state index contributed by atoms with van der Waals surface area (Å²) in [6, 6.07) is 0. The van der Waals surface area contributed by atoms with Crippen molar-refractivity contribution in [3.8, 4) is 0 Å². The highest BCUT2D eigenvalue weighted by atomic mass is 19.1. The van der Waals surface area contributed by atoms with E-state index in [1.54, 1.807) is 13.8 Å². The monoisotopic (exact) mass is 392 g/mol. The van der Waals surface area contributed by atoms with Gasteiger partial charge in [0, 0.05) is 23.2 Å². The quantitative estimate of drug-likeness (QED) is 0.669. The van der Waals surface area contributed by atoms with E-state index >= 15 is 4.39 Å². The van der Waals surface area contributed by atoms with Gasteiger partial charge in [-0.05, 0) is 54.7 Å². The van der Waals surface area contributed by atoms with Gasteiger partial charge in [0.1, 0.15) is 18.0 Å². The second kappa shape index (κ2) is 6.07. The van der Waals surface area contributed by atoms with Crippen molar-refractivity contribution in [3.63, 3.8) is 0 Å². The zero-order valence-corrected chi connectivity index (χ0v) is 16.6. The average Bonchev–Trinajstić information content (AvgIpc) is 2.83. The smallest absolute Gasteiger partial charge is 0.190 e. The van der Waals surface area contributed by atoms with Gasteiger partial charge in [0.2, 0.25) is 0 Å². The molecule has 0 saturated heterocycles. The maximum atomic E-state index is 15.1. The van der Waals surface area contributed by atoms with Gasteiger partial charge in [0.05, 0.1) is 6.10 Å². The van der Waals surface area contributed by atoms with Gasteiger partial charge in [-0.25, -0.2) is 4.39 Å². The zero-order valence-electron chi connectivity index (χ0n) is 16.6. The molecule has 0 aromatic heterocycles. The second-order valence-electron chi connectivity index (χ2n) is 9.84. The first-order chi connectivity index (χ1) is 13.0. The predicted octanol–water partition coefficient (Wildman–Crippen LogP) is 2.10. The summed E-state index contributed by atoms with van der Waals surface area (Å²) in [4.78, 5) is 24.4. The van der Waals surface area contributed by atoms with Crippen molar-refractivity contribution in [2.75, 3.05) is 6.61 Å². The summed E-state index contributed by atoms with van der Waals surface area (Å²) < 4.78 is 15.1. The first kappa shape index (κ1) is 19.9. The van der Waals surface area contributed by atoms with Crippen LogP contribution >= 0.6 is 0 Å². The molecule has 3 N–H and O–H groups in total. The summed E-state index contributed by atoms with van der Waals surface area (Å²) in [6.07, 6.45) is 3.58. The van der Waals surface area contributed by atoms with Crippen LogP contribution in [0.3, 0.4) is 0 Å². The Kier molecular flexibility index (Phi) is 4.32. The fraction of sp³-hybridized carbons (Fsp3) is 0.727. The molecule has 28 heavy (non-hydrogen) atoms. The molecule has 0 amide bonds. The molecule has 0 radical (unpaired) electrons. The first-order valence-corrected chi connectivity index (χ1v) is 10.2. The van der Waals surface area contributed by atoms with E-state index < -0.39 is 46.7 Å². The number of halogens is 1. The molecule has 8 atom stereocenters. The summed E-state index contributed by atoms with van der Waals surface area (Å²) in [5, 5.41) is 32.1. The lowest BCUT2D eigenvalue weighted by Crippen LogP contribution is -2.62. The fourth-order valence-corrected chi connectivity index (χ4v) is 7.26. The molecule has 0 aliphatic heterocycles. The minimum atomic E-state index is -1.75. The lowest BCUT2D eigenvalue weighted by Gasteiger charge is -2.58. The molecule has 0 spiro atoms. The first-order valence-electron chi connectivity index (χ1n) is 10.2. The van der Waals surface area contributed by atoms with Gasteiger partial charge in [-0.15, -0.1) is 0 Å². The van der Waals surface area contributed by atoms with E-state index in [9.17, 15) is 24.9 Å². The largest absolute Gasteiger partial charge is 0.393 e. The average molecular weight is 392 g/mol. The molecule has 0 heterocycles. The molecule has 154 valence electrons. The Hall–Kier alpha value is -1.37. The van der Waals surface area contributed by atoms with Crippen LogP contribution in [0.25, 0.3) is 0 Å². The highest BCUT2D eigenvalue weighted by Gasteiger charge is 2.70. The van der Waals surface area contributed by atoms with Gasteiger partial charge in [-0.3, -0.25) is 9.59 Å². The lowest BCUT2D eigenvalue weighted by molar-refractivity contribution is -0.180. The molecule has 6 heteroatoms. The van der Waals surface area contributed by atoms with Crippen LogP contribution in [0, 0.1) is 34.5 Å². The Balaban J connectivity index is 1.86. The van der Waals surface area contributed by atoms with E-state index in [-0.39, 0.29) is 30.0 Å². The fourth-order valence-electron chi connectivity index (χ4n) is 7.26. The van der Waals surface area contributed by atoms with Gasteiger partial charge in [0.15, 0.2) is 11.6 Å². The van der Waals surface area contributed by atoms with Gasteiger partial charge < -0.3 is 15.3 Å². The van der Waals surface area contributed by atoms with Crippen LogP contribution < -0.4 is 0 Å². The van der Waals surface area contributed by atoms with Crippen LogP contribution in [-0.2, 0) is 9.59 Å². The molecule has 4 aliphatic rings. The molecule has 4 aliphatic carbocycles. The Labute approximate surface area is 164 Å². The number of rotatable bonds is 2. The second-order valence-corrected chi connectivity index (χ2v) is 9.84. The van der Waals surface area contributed by atoms with Gasteiger partial charge in [-0.2, -0.15) is 0 Å². The minimum absolute atomic E-state index is 0.0954. The number of hydrogen-bond acceptors (Lipinski definition) is 5. The highest BCUT2D eigenvalue weighted by Crippen LogP contribution is 2.68. The number of aliphatic hydroxyl groups excluding tert-OH is 2. The topological polar surface area (TPSA) is 94.8 Å². The van der Waals surface area contributed by atoms with Gasteiger partial charge in [-0.1, -0.05) is 20.8 Å². The maximum Gasteiger partial charge on any atom is 0.190 e. The molecule has 0 aromatic carbocycles. The van der Waals surface area contributed by atoms with Crippen LogP contribution in [0.15, 0.2) is 23.6 Å². The Bertz CT molecular complexity index is 803. The highest BCUT2D eigenvalue weighted by molar-refractivity contribution is 5.92. The number of aliphatic hydroxyl groups is 3. The number of fused-ring (bicyclic) bond motifs is 5. The van der Waals surface area contributed by atoms with Crippen molar-refractivity contribution < 1.29 is 29.3 Å². The molecular formula is C22H29FO5. The standard InChI is InChI=1S/C22H29FO5/c1-11-6-14-13-8-16(23)15-7-12(25)4-5-20(15,2)19(13)17(26)9-21(14,3)22(11,28)18(27)10-24/h7-8,11,13-14,17,19,24,26,28H,4-6,9-10H2,1-3H3/t11-,13+,14+,17+,19-,20+,21+,22+/m1/s1. The third kappa shape index (κ3) is 2.22. The van der Waals surface area contributed by atoms with E-state index in [0.717, 1.165) is 0 Å². The SMILES string of the molecule is C[C@@H]1C[C@H]2[C@@H]3C=C(F)C4=CC(=O)CC[C@]4(C)[C@H]3[C@@H](O)C[C@]2(C)[C@@]1(O)C(=O)CO. The number of hydrogen-bond donors (Lipinski definition) is 3. The molecule has 0 unspecified atom stereocenters. The molecule has 2 fully saturated rings. The molecule has 4 rings (SSSR count). The Morgan fingerprint density at radius 1 is 1.36 bits per heavy atom. The van der Waals surface area contributed by atoms with Crippen LogP contribution in [0.2, 0.25) is 0 Å². The number of carbonyl (C=O) groups is 2. The number of ketones is 2. The lowest BCUT2D eigenvalue weighted by atomic mass is 9.46. The number of Topliss-reactive ketones (excluding diaryl/α,β-unsaturated/α-hetero) is 1. The van der Waals surface area contributed by atoms with Crippen molar-refractivity contribution in [1.82, 2.24) is 0 Å². The van der Waals surface area contributed by atoms with Crippen LogP contribution in [-0.4, -0.2) is 45.2 Å². The maximum absolute atomic E-state index is 15.1. The van der Waals surface area contributed by atoms with E-state index in [1.807, 2.05) is 6.92 Å². The Morgan fingerprint density at radius 2 is 2.04 bits per heavy atom. The molecule has 0 aromatic rings. The van der Waals surface area contributed by atoms with E-state index in [4.69, 9.17) is 0 Å². The normalized spacial score (nSPS) is 50.2. The number of allylic oxidation sites excluding steroid dienone is 4. The summed E-state index contributed by atoms with van der Waals surface area (Å²) in [5.41, 5.74) is -2.97. The van der Waals surface area contributed by atoms with Crippen molar-refractivity contribution in [2.24, 2.45) is 34.5 Å². The van der Waals surface area contributed by atoms with Crippen molar-refractivity contribution >= 4 is 11.6 Å². The Morgan fingerprint density at radius 3 is 2.68 bits per heavy atom.